The lowest BCUT2D eigenvalue weighted by Gasteiger charge is -2.21. The Labute approximate surface area is 146 Å². The van der Waals surface area contributed by atoms with Crippen LogP contribution in [0.15, 0.2) is 30.5 Å². The van der Waals surface area contributed by atoms with Crippen molar-refractivity contribution in [2.24, 2.45) is 7.05 Å². The third-order valence-electron chi connectivity index (χ3n) is 4.55. The maximum absolute atomic E-state index is 8.11. The van der Waals surface area contributed by atoms with E-state index in [-0.39, 0.29) is 0 Å². The minimum Gasteiger partial charge on any atom is -0.205 e. The summed E-state index contributed by atoms with van der Waals surface area (Å²) in [5.74, 6) is 0.965. The van der Waals surface area contributed by atoms with Crippen molar-refractivity contribution in [3.63, 3.8) is 0 Å². The van der Waals surface area contributed by atoms with Gasteiger partial charge in [0.1, 0.15) is 7.05 Å². The number of aromatic nitrogens is 1. The molecule has 0 atom stereocenters. The molecule has 0 saturated carbocycles. The molecular formula is C22H32N+. The van der Waals surface area contributed by atoms with Crippen molar-refractivity contribution in [2.45, 2.75) is 66.1 Å². The highest BCUT2D eigenvalue weighted by atomic mass is 14.9. The zero-order chi connectivity index (χ0) is 19.8. The number of aryl methyl sites for hydroxylation is 2. The van der Waals surface area contributed by atoms with Crippen LogP contribution in [0.4, 0.5) is 0 Å². The van der Waals surface area contributed by atoms with Gasteiger partial charge in [0, 0.05) is 21.7 Å². The highest BCUT2D eigenvalue weighted by molar-refractivity contribution is 5.74. The molecule has 1 heteroatoms. The molecule has 0 aliphatic carbocycles. The molecule has 2 rings (SSSR count). The van der Waals surface area contributed by atoms with Gasteiger partial charge in [0.15, 0.2) is 11.9 Å². The van der Waals surface area contributed by atoms with Gasteiger partial charge in [-0.1, -0.05) is 59.7 Å². The Bertz CT molecular complexity index is 760. The van der Waals surface area contributed by atoms with Crippen molar-refractivity contribution in [3.8, 4) is 11.1 Å². The lowest BCUT2D eigenvalue weighted by Crippen LogP contribution is -2.34. The topological polar surface area (TPSA) is 3.88 Å². The molecule has 1 heterocycles. The Balaban J connectivity index is 2.97. The van der Waals surface area contributed by atoms with Crippen LogP contribution >= 0.6 is 0 Å². The van der Waals surface area contributed by atoms with E-state index in [2.05, 4.69) is 65.8 Å². The summed E-state index contributed by atoms with van der Waals surface area (Å²) in [7, 11) is 1.94. The minimum absolute atomic E-state index is 0.318. The fraction of sp³-hybridized carbons (Fsp3) is 0.500. The van der Waals surface area contributed by atoms with Gasteiger partial charge in [-0.05, 0) is 40.9 Å². The molecule has 0 fully saturated rings. The largest absolute Gasteiger partial charge is 0.205 e. The van der Waals surface area contributed by atoms with Crippen LogP contribution < -0.4 is 4.57 Å². The molecule has 0 unspecified atom stereocenters. The number of pyridine rings is 1. The third kappa shape index (κ3) is 3.49. The first kappa shape index (κ1) is 13.8. The second-order valence-electron chi connectivity index (χ2n) is 7.41. The summed E-state index contributed by atoms with van der Waals surface area (Å²) in [6, 6.07) is 8.46. The first-order valence-electron chi connectivity index (χ1n) is 10.1. The van der Waals surface area contributed by atoms with E-state index < -0.39 is 6.85 Å². The second-order valence-corrected chi connectivity index (χ2v) is 7.41. The Kier molecular flexibility index (Phi) is 4.11. The van der Waals surface area contributed by atoms with Gasteiger partial charge in [0.2, 0.25) is 0 Å². The predicted molar refractivity (Wildman–Crippen MR) is 100 cm³/mol. The molecule has 0 aliphatic heterocycles. The van der Waals surface area contributed by atoms with Crippen molar-refractivity contribution in [1.29, 1.82) is 0 Å². The Morgan fingerprint density at radius 2 is 1.48 bits per heavy atom. The van der Waals surface area contributed by atoms with Crippen molar-refractivity contribution in [2.75, 3.05) is 0 Å². The van der Waals surface area contributed by atoms with Gasteiger partial charge in [-0.3, -0.25) is 0 Å². The normalized spacial score (nSPS) is 14.3. The fourth-order valence-corrected chi connectivity index (χ4v) is 3.31. The highest BCUT2D eigenvalue weighted by Crippen LogP contribution is 2.37. The van der Waals surface area contributed by atoms with Crippen LogP contribution in [0.2, 0.25) is 0 Å². The van der Waals surface area contributed by atoms with Crippen molar-refractivity contribution >= 4 is 0 Å². The number of nitrogens with zero attached hydrogens (tertiary/aromatic N) is 1. The van der Waals surface area contributed by atoms with Crippen LogP contribution in [0, 0.1) is 6.85 Å². The highest BCUT2D eigenvalue weighted by Gasteiger charge is 2.21. The van der Waals surface area contributed by atoms with E-state index in [1.165, 1.54) is 11.1 Å². The van der Waals surface area contributed by atoms with Crippen molar-refractivity contribution < 1.29 is 8.68 Å². The van der Waals surface area contributed by atoms with Gasteiger partial charge in [0.25, 0.3) is 0 Å². The monoisotopic (exact) mass is 313 g/mol. The Morgan fingerprint density at radius 1 is 0.913 bits per heavy atom. The summed E-state index contributed by atoms with van der Waals surface area (Å²) in [4.78, 5) is 0. The van der Waals surface area contributed by atoms with E-state index in [0.29, 0.717) is 23.3 Å². The van der Waals surface area contributed by atoms with Crippen LogP contribution in [0.3, 0.4) is 0 Å². The maximum atomic E-state index is 8.11. The lowest BCUT2D eigenvalue weighted by molar-refractivity contribution is -0.680. The molecule has 0 spiro atoms. The molecule has 0 bridgehead atoms. The SMILES string of the molecule is [2H]C([2H])([2H])c1c[n+](C)c(C(C)C)cc1-c1c(C(C)C)cccc1C(C)C. The van der Waals surface area contributed by atoms with Gasteiger partial charge in [-0.2, -0.15) is 0 Å². The maximum Gasteiger partial charge on any atom is 0.184 e. The predicted octanol–water partition coefficient (Wildman–Crippen LogP) is 5.86. The smallest absolute Gasteiger partial charge is 0.184 e. The summed E-state index contributed by atoms with van der Waals surface area (Å²) >= 11 is 0. The summed E-state index contributed by atoms with van der Waals surface area (Å²) in [6.45, 7) is 10.8. The average molecular weight is 314 g/mol. The zero-order valence-electron chi connectivity index (χ0n) is 18.6. The molecule has 1 nitrogen and oxygen atoms in total. The van der Waals surface area contributed by atoms with Crippen molar-refractivity contribution in [3.05, 3.63) is 52.8 Å². The van der Waals surface area contributed by atoms with Gasteiger partial charge >= 0.3 is 0 Å². The van der Waals surface area contributed by atoms with Crippen LogP contribution in [-0.2, 0) is 7.05 Å². The van der Waals surface area contributed by atoms with Gasteiger partial charge in [-0.15, -0.1) is 0 Å². The molecule has 1 aromatic heterocycles. The molecule has 124 valence electrons. The van der Waals surface area contributed by atoms with Gasteiger partial charge < -0.3 is 0 Å². The molecule has 0 radical (unpaired) electrons. The number of hydrogen-bond acceptors (Lipinski definition) is 0. The molecule has 0 amide bonds. The number of hydrogen-bond donors (Lipinski definition) is 0. The van der Waals surface area contributed by atoms with Gasteiger partial charge in [0.05, 0.1) is 0 Å². The van der Waals surface area contributed by atoms with Crippen molar-refractivity contribution in [1.82, 2.24) is 0 Å². The van der Waals surface area contributed by atoms with Gasteiger partial charge in [-0.25, -0.2) is 4.57 Å². The van der Waals surface area contributed by atoms with Crippen LogP contribution in [0.5, 0.6) is 0 Å². The number of benzene rings is 1. The quantitative estimate of drug-likeness (QED) is 0.623. The molecule has 2 aromatic rings. The first-order valence-corrected chi connectivity index (χ1v) is 8.62. The summed E-state index contributed by atoms with van der Waals surface area (Å²) in [6.07, 6.45) is 1.80. The van der Waals surface area contributed by atoms with Crippen LogP contribution in [0.1, 0.15) is 85.8 Å². The number of rotatable bonds is 4. The second kappa shape index (κ2) is 6.86. The third-order valence-corrected chi connectivity index (χ3v) is 4.55. The minimum atomic E-state index is -2.15. The first-order chi connectivity index (χ1) is 11.9. The summed E-state index contributed by atoms with van der Waals surface area (Å²) in [5, 5.41) is 0. The van der Waals surface area contributed by atoms with Crippen LogP contribution in [-0.4, -0.2) is 0 Å². The standard InChI is InChI=1S/C22H32N/c1-14(2)18-10-9-11-19(15(3)4)22(18)20-12-21(16(5)6)23(8)13-17(20)7/h9-16H,1-8H3/q+1/i7D3. The Morgan fingerprint density at radius 3 is 1.91 bits per heavy atom. The zero-order valence-corrected chi connectivity index (χ0v) is 15.6. The molecule has 1 aromatic carbocycles. The van der Waals surface area contributed by atoms with E-state index in [4.69, 9.17) is 4.11 Å². The summed E-state index contributed by atoms with van der Waals surface area (Å²) < 4.78 is 26.3. The molecular weight excluding hydrogens is 278 g/mol. The lowest BCUT2D eigenvalue weighted by atomic mass is 9.83. The van der Waals surface area contributed by atoms with E-state index in [9.17, 15) is 0 Å². The molecule has 23 heavy (non-hydrogen) atoms. The molecule has 0 saturated heterocycles. The summed E-state index contributed by atoms with van der Waals surface area (Å²) in [5.41, 5.74) is 5.96. The molecule has 0 aliphatic rings. The van der Waals surface area contributed by atoms with E-state index >= 15 is 0 Å². The fourth-order valence-electron chi connectivity index (χ4n) is 3.31. The Hall–Kier alpha value is -1.63. The average Bonchev–Trinajstić information content (AvgIpc) is 2.52. The van der Waals surface area contributed by atoms with E-state index in [0.717, 1.165) is 16.8 Å². The molecule has 0 N–H and O–H groups in total. The van der Waals surface area contributed by atoms with Crippen LogP contribution in [0.25, 0.3) is 11.1 Å². The van der Waals surface area contributed by atoms with E-state index in [1.807, 2.05) is 11.6 Å². The van der Waals surface area contributed by atoms with E-state index in [1.54, 1.807) is 6.20 Å².